The third-order valence-corrected chi connectivity index (χ3v) is 4.26. The van der Waals surface area contributed by atoms with Gasteiger partial charge in [0.15, 0.2) is 0 Å². The molecule has 0 saturated heterocycles. The van der Waals surface area contributed by atoms with Gasteiger partial charge in [-0.1, -0.05) is 49.4 Å². The number of carboxylic acid groups (broad SMARTS) is 1. The fourth-order valence-electron chi connectivity index (χ4n) is 2.21. The summed E-state index contributed by atoms with van der Waals surface area (Å²) in [5, 5.41) is 11.7. The second kappa shape index (κ2) is 6.62. The van der Waals surface area contributed by atoms with E-state index in [0.717, 1.165) is 16.7 Å². The SMILES string of the molecule is CCSCC(Cc1cccc2ccccc12)C(=O)O. The number of hydrogen-bond acceptors (Lipinski definition) is 2. The molecule has 1 N–H and O–H groups in total. The highest BCUT2D eigenvalue weighted by Gasteiger charge is 2.18. The molecule has 3 heteroatoms. The number of aliphatic carboxylic acids is 1. The van der Waals surface area contributed by atoms with Crippen LogP contribution in [0.2, 0.25) is 0 Å². The van der Waals surface area contributed by atoms with E-state index in [1.165, 1.54) is 5.39 Å². The predicted molar refractivity (Wildman–Crippen MR) is 81.8 cm³/mol. The van der Waals surface area contributed by atoms with E-state index >= 15 is 0 Å². The van der Waals surface area contributed by atoms with E-state index < -0.39 is 5.97 Å². The second-order valence-corrected chi connectivity index (χ2v) is 5.86. The number of carboxylic acids is 1. The third kappa shape index (κ3) is 3.51. The van der Waals surface area contributed by atoms with Gasteiger partial charge >= 0.3 is 5.97 Å². The normalized spacial score (nSPS) is 12.5. The zero-order chi connectivity index (χ0) is 13.7. The van der Waals surface area contributed by atoms with Crippen LogP contribution >= 0.6 is 11.8 Å². The molecule has 100 valence electrons. The highest BCUT2D eigenvalue weighted by Crippen LogP contribution is 2.23. The molecular formula is C16H18O2S. The monoisotopic (exact) mass is 274 g/mol. The van der Waals surface area contributed by atoms with Crippen LogP contribution in [0.15, 0.2) is 42.5 Å². The Labute approximate surface area is 117 Å². The Kier molecular flexibility index (Phi) is 4.86. The average Bonchev–Trinajstić information content (AvgIpc) is 2.43. The van der Waals surface area contributed by atoms with E-state index in [1.54, 1.807) is 11.8 Å². The zero-order valence-electron chi connectivity index (χ0n) is 11.0. The van der Waals surface area contributed by atoms with Gasteiger partial charge in [-0.25, -0.2) is 0 Å². The van der Waals surface area contributed by atoms with E-state index in [-0.39, 0.29) is 5.92 Å². The Morgan fingerprint density at radius 1 is 1.21 bits per heavy atom. The Morgan fingerprint density at radius 2 is 1.95 bits per heavy atom. The van der Waals surface area contributed by atoms with E-state index in [1.807, 2.05) is 24.3 Å². The maximum absolute atomic E-state index is 11.3. The number of hydrogen-bond donors (Lipinski definition) is 1. The van der Waals surface area contributed by atoms with Crippen LogP contribution < -0.4 is 0 Å². The van der Waals surface area contributed by atoms with E-state index in [9.17, 15) is 9.90 Å². The molecular weight excluding hydrogens is 256 g/mol. The van der Waals surface area contributed by atoms with Gasteiger partial charge in [0, 0.05) is 5.75 Å². The average molecular weight is 274 g/mol. The summed E-state index contributed by atoms with van der Waals surface area (Å²) in [5.74, 6) is 0.624. The first-order valence-electron chi connectivity index (χ1n) is 6.49. The molecule has 0 aliphatic carbocycles. The van der Waals surface area contributed by atoms with Crippen LogP contribution in [0.5, 0.6) is 0 Å². The van der Waals surface area contributed by atoms with Crippen molar-refractivity contribution in [3.63, 3.8) is 0 Å². The lowest BCUT2D eigenvalue weighted by atomic mass is 9.96. The third-order valence-electron chi connectivity index (χ3n) is 3.22. The highest BCUT2D eigenvalue weighted by molar-refractivity contribution is 7.99. The molecule has 0 saturated carbocycles. The van der Waals surface area contributed by atoms with Crippen LogP contribution in [0, 0.1) is 5.92 Å². The molecule has 2 rings (SSSR count). The molecule has 2 nitrogen and oxygen atoms in total. The van der Waals surface area contributed by atoms with Crippen LogP contribution in [-0.2, 0) is 11.2 Å². The smallest absolute Gasteiger partial charge is 0.307 e. The quantitative estimate of drug-likeness (QED) is 0.869. The van der Waals surface area contributed by atoms with Crippen molar-refractivity contribution >= 4 is 28.5 Å². The number of fused-ring (bicyclic) bond motifs is 1. The summed E-state index contributed by atoms with van der Waals surface area (Å²) < 4.78 is 0. The molecule has 0 bridgehead atoms. The minimum absolute atomic E-state index is 0.309. The van der Waals surface area contributed by atoms with Gasteiger partial charge in [0.05, 0.1) is 5.92 Å². The minimum Gasteiger partial charge on any atom is -0.481 e. The first-order valence-corrected chi connectivity index (χ1v) is 7.65. The minimum atomic E-state index is -0.700. The van der Waals surface area contributed by atoms with Gasteiger partial charge in [0.2, 0.25) is 0 Å². The van der Waals surface area contributed by atoms with Crippen LogP contribution in [0.25, 0.3) is 10.8 Å². The van der Waals surface area contributed by atoms with Gasteiger partial charge in [-0.3, -0.25) is 4.79 Å². The Balaban J connectivity index is 2.26. The summed E-state index contributed by atoms with van der Waals surface area (Å²) in [6.07, 6.45) is 0.601. The highest BCUT2D eigenvalue weighted by atomic mass is 32.2. The van der Waals surface area contributed by atoms with Crippen molar-refractivity contribution in [1.82, 2.24) is 0 Å². The topological polar surface area (TPSA) is 37.3 Å². The van der Waals surface area contributed by atoms with Gasteiger partial charge in [0.25, 0.3) is 0 Å². The Bertz CT molecular complexity index is 560. The van der Waals surface area contributed by atoms with Gasteiger partial charge in [0.1, 0.15) is 0 Å². The van der Waals surface area contributed by atoms with Crippen molar-refractivity contribution in [1.29, 1.82) is 0 Å². The Morgan fingerprint density at radius 3 is 2.68 bits per heavy atom. The predicted octanol–water partition coefficient (Wildman–Crippen LogP) is 3.84. The van der Waals surface area contributed by atoms with E-state index in [4.69, 9.17) is 0 Å². The zero-order valence-corrected chi connectivity index (χ0v) is 11.8. The lowest BCUT2D eigenvalue weighted by Gasteiger charge is -2.13. The molecule has 0 aliphatic rings. The first-order chi connectivity index (χ1) is 9.22. The second-order valence-electron chi connectivity index (χ2n) is 4.54. The fourth-order valence-corrected chi connectivity index (χ4v) is 2.99. The number of carbonyl (C=O) groups is 1. The summed E-state index contributed by atoms with van der Waals surface area (Å²) in [4.78, 5) is 11.3. The van der Waals surface area contributed by atoms with Gasteiger partial charge in [-0.2, -0.15) is 11.8 Å². The first kappa shape index (κ1) is 13.9. The fraction of sp³-hybridized carbons (Fsp3) is 0.312. The van der Waals surface area contributed by atoms with Gasteiger partial charge < -0.3 is 5.11 Å². The van der Waals surface area contributed by atoms with Crippen molar-refractivity contribution in [2.75, 3.05) is 11.5 Å². The molecule has 2 aromatic rings. The molecule has 1 atom stereocenters. The van der Waals surface area contributed by atoms with Crippen molar-refractivity contribution < 1.29 is 9.90 Å². The summed E-state index contributed by atoms with van der Waals surface area (Å²) in [7, 11) is 0. The maximum atomic E-state index is 11.3. The van der Waals surface area contributed by atoms with Crippen molar-refractivity contribution in [2.45, 2.75) is 13.3 Å². The summed E-state index contributed by atoms with van der Waals surface area (Å²) >= 11 is 1.69. The van der Waals surface area contributed by atoms with Crippen LogP contribution in [0.4, 0.5) is 0 Å². The van der Waals surface area contributed by atoms with Crippen molar-refractivity contribution in [3.05, 3.63) is 48.0 Å². The molecule has 0 spiro atoms. The largest absolute Gasteiger partial charge is 0.481 e. The Hall–Kier alpha value is -1.48. The van der Waals surface area contributed by atoms with Crippen LogP contribution in [0.3, 0.4) is 0 Å². The van der Waals surface area contributed by atoms with Crippen molar-refractivity contribution in [3.8, 4) is 0 Å². The maximum Gasteiger partial charge on any atom is 0.307 e. The lowest BCUT2D eigenvalue weighted by molar-refractivity contribution is -0.140. The van der Waals surface area contributed by atoms with Crippen LogP contribution in [0.1, 0.15) is 12.5 Å². The number of rotatable bonds is 6. The van der Waals surface area contributed by atoms with Gasteiger partial charge in [-0.15, -0.1) is 0 Å². The molecule has 0 fully saturated rings. The van der Waals surface area contributed by atoms with E-state index in [2.05, 4.69) is 25.1 Å². The van der Waals surface area contributed by atoms with Gasteiger partial charge in [-0.05, 0) is 28.5 Å². The number of thioether (sulfide) groups is 1. The number of benzene rings is 2. The molecule has 0 amide bonds. The molecule has 0 radical (unpaired) electrons. The standard InChI is InChI=1S/C16H18O2S/c1-2-19-11-14(16(17)18)10-13-8-5-7-12-6-3-4-9-15(12)13/h3-9,14H,2,10-11H2,1H3,(H,17,18). The van der Waals surface area contributed by atoms with Crippen LogP contribution in [-0.4, -0.2) is 22.6 Å². The summed E-state index contributed by atoms with van der Waals surface area (Å²) in [6.45, 7) is 2.06. The van der Waals surface area contributed by atoms with Crippen molar-refractivity contribution in [2.24, 2.45) is 5.92 Å². The molecule has 2 aromatic carbocycles. The molecule has 19 heavy (non-hydrogen) atoms. The molecule has 1 unspecified atom stereocenters. The lowest BCUT2D eigenvalue weighted by Crippen LogP contribution is -2.19. The molecule has 0 aromatic heterocycles. The van der Waals surface area contributed by atoms with E-state index in [0.29, 0.717) is 12.2 Å². The molecule has 0 aliphatic heterocycles. The molecule has 0 heterocycles. The summed E-state index contributed by atoms with van der Waals surface area (Å²) in [6, 6.07) is 14.2. The summed E-state index contributed by atoms with van der Waals surface area (Å²) in [5.41, 5.74) is 1.13.